The minimum atomic E-state index is 0.609. The molecule has 0 aromatic carbocycles. The van der Waals surface area contributed by atoms with Crippen molar-refractivity contribution in [3.8, 4) is 0 Å². The molecule has 0 spiro atoms. The van der Waals surface area contributed by atoms with E-state index in [1.54, 1.807) is 7.11 Å². The molecule has 1 rings (SSSR count). The molecule has 2 unspecified atom stereocenters. The second-order valence-corrected chi connectivity index (χ2v) is 3.59. The summed E-state index contributed by atoms with van der Waals surface area (Å²) in [6.07, 6.45) is 2.39. The first-order chi connectivity index (χ1) is 6.38. The highest BCUT2D eigenvalue weighted by Crippen LogP contribution is 2.18. The van der Waals surface area contributed by atoms with E-state index >= 15 is 0 Å². The largest absolute Gasteiger partial charge is 0.383 e. The van der Waals surface area contributed by atoms with Crippen LogP contribution in [0.3, 0.4) is 0 Å². The van der Waals surface area contributed by atoms with Gasteiger partial charge in [-0.1, -0.05) is 6.92 Å². The van der Waals surface area contributed by atoms with E-state index in [9.17, 15) is 0 Å². The SMILES string of the molecule is CCC(NCCOC)C1CCOC1. The predicted molar refractivity (Wildman–Crippen MR) is 52.9 cm³/mol. The molecule has 0 aromatic heterocycles. The van der Waals surface area contributed by atoms with Gasteiger partial charge in [0.1, 0.15) is 0 Å². The molecule has 1 N–H and O–H groups in total. The highest BCUT2D eigenvalue weighted by molar-refractivity contribution is 4.78. The van der Waals surface area contributed by atoms with Crippen molar-refractivity contribution < 1.29 is 9.47 Å². The van der Waals surface area contributed by atoms with Crippen LogP contribution in [0.5, 0.6) is 0 Å². The Bertz CT molecular complexity index is 124. The molecule has 3 heteroatoms. The molecule has 0 aromatic rings. The zero-order chi connectivity index (χ0) is 9.52. The van der Waals surface area contributed by atoms with Gasteiger partial charge < -0.3 is 14.8 Å². The van der Waals surface area contributed by atoms with Crippen molar-refractivity contribution in [2.24, 2.45) is 5.92 Å². The van der Waals surface area contributed by atoms with E-state index in [4.69, 9.17) is 9.47 Å². The predicted octanol–water partition coefficient (Wildman–Crippen LogP) is 1.04. The lowest BCUT2D eigenvalue weighted by Gasteiger charge is -2.22. The number of rotatable bonds is 6. The summed E-state index contributed by atoms with van der Waals surface area (Å²) in [4.78, 5) is 0. The van der Waals surface area contributed by atoms with Gasteiger partial charge in [0.05, 0.1) is 13.2 Å². The smallest absolute Gasteiger partial charge is 0.0587 e. The van der Waals surface area contributed by atoms with Crippen LogP contribution in [-0.2, 0) is 9.47 Å². The first-order valence-corrected chi connectivity index (χ1v) is 5.18. The molecule has 0 saturated carbocycles. The van der Waals surface area contributed by atoms with Gasteiger partial charge in [0, 0.05) is 26.3 Å². The van der Waals surface area contributed by atoms with Crippen LogP contribution in [0.1, 0.15) is 19.8 Å². The maximum Gasteiger partial charge on any atom is 0.0587 e. The zero-order valence-corrected chi connectivity index (χ0v) is 8.71. The van der Waals surface area contributed by atoms with Crippen molar-refractivity contribution in [1.29, 1.82) is 0 Å². The third kappa shape index (κ3) is 3.63. The van der Waals surface area contributed by atoms with Gasteiger partial charge in [-0.15, -0.1) is 0 Å². The van der Waals surface area contributed by atoms with Crippen LogP contribution < -0.4 is 5.32 Å². The van der Waals surface area contributed by atoms with E-state index in [0.717, 1.165) is 26.4 Å². The van der Waals surface area contributed by atoms with Crippen molar-refractivity contribution in [3.63, 3.8) is 0 Å². The van der Waals surface area contributed by atoms with Crippen molar-refractivity contribution >= 4 is 0 Å². The number of hydrogen-bond acceptors (Lipinski definition) is 3. The topological polar surface area (TPSA) is 30.5 Å². The second kappa shape index (κ2) is 6.35. The van der Waals surface area contributed by atoms with E-state index < -0.39 is 0 Å². The fourth-order valence-corrected chi connectivity index (χ4v) is 1.86. The number of hydrogen-bond donors (Lipinski definition) is 1. The second-order valence-electron chi connectivity index (χ2n) is 3.59. The standard InChI is InChI=1S/C10H21NO2/c1-3-10(11-5-7-12-2)9-4-6-13-8-9/h9-11H,3-8H2,1-2H3. The first kappa shape index (κ1) is 11.0. The molecule has 1 heterocycles. The molecule has 3 nitrogen and oxygen atoms in total. The van der Waals surface area contributed by atoms with Crippen molar-refractivity contribution in [2.75, 3.05) is 33.5 Å². The average molecular weight is 187 g/mol. The molecular weight excluding hydrogens is 166 g/mol. The van der Waals surface area contributed by atoms with E-state index in [0.29, 0.717) is 12.0 Å². The fourth-order valence-electron chi connectivity index (χ4n) is 1.86. The van der Waals surface area contributed by atoms with E-state index in [1.165, 1.54) is 12.8 Å². The van der Waals surface area contributed by atoms with Crippen LogP contribution >= 0.6 is 0 Å². The first-order valence-electron chi connectivity index (χ1n) is 5.18. The summed E-state index contributed by atoms with van der Waals surface area (Å²) in [6, 6.07) is 0.609. The molecule has 0 amide bonds. The highest BCUT2D eigenvalue weighted by Gasteiger charge is 2.23. The van der Waals surface area contributed by atoms with Crippen LogP contribution in [0.15, 0.2) is 0 Å². The van der Waals surface area contributed by atoms with Gasteiger partial charge >= 0.3 is 0 Å². The molecule has 1 saturated heterocycles. The molecule has 78 valence electrons. The van der Waals surface area contributed by atoms with Crippen LogP contribution in [0.2, 0.25) is 0 Å². The summed E-state index contributed by atoms with van der Waals surface area (Å²) in [7, 11) is 1.74. The summed E-state index contributed by atoms with van der Waals surface area (Å²) >= 11 is 0. The van der Waals surface area contributed by atoms with Gasteiger partial charge in [-0.2, -0.15) is 0 Å². The Morgan fingerprint density at radius 3 is 3.00 bits per heavy atom. The average Bonchev–Trinajstić information content (AvgIpc) is 2.65. The zero-order valence-electron chi connectivity index (χ0n) is 8.71. The Balaban J connectivity index is 2.16. The fraction of sp³-hybridized carbons (Fsp3) is 1.00. The summed E-state index contributed by atoms with van der Waals surface area (Å²) in [6.45, 7) is 5.84. The van der Waals surface area contributed by atoms with Gasteiger partial charge in [-0.25, -0.2) is 0 Å². The number of ether oxygens (including phenoxy) is 2. The van der Waals surface area contributed by atoms with Gasteiger partial charge in [0.2, 0.25) is 0 Å². The lowest BCUT2D eigenvalue weighted by molar-refractivity contribution is 0.167. The minimum absolute atomic E-state index is 0.609. The summed E-state index contributed by atoms with van der Waals surface area (Å²) in [5.41, 5.74) is 0. The Morgan fingerprint density at radius 2 is 2.46 bits per heavy atom. The monoisotopic (exact) mass is 187 g/mol. The Hall–Kier alpha value is -0.120. The van der Waals surface area contributed by atoms with E-state index in [-0.39, 0.29) is 0 Å². The summed E-state index contributed by atoms with van der Waals surface area (Å²) in [5.74, 6) is 0.710. The maximum absolute atomic E-state index is 5.37. The molecule has 2 atom stereocenters. The van der Waals surface area contributed by atoms with Crippen LogP contribution in [0.4, 0.5) is 0 Å². The Kier molecular flexibility index (Phi) is 5.35. The molecular formula is C10H21NO2. The molecule has 13 heavy (non-hydrogen) atoms. The van der Waals surface area contributed by atoms with Crippen LogP contribution in [0.25, 0.3) is 0 Å². The molecule has 0 aliphatic carbocycles. The van der Waals surface area contributed by atoms with Gasteiger partial charge in [0.25, 0.3) is 0 Å². The number of methoxy groups -OCH3 is 1. The third-order valence-corrected chi connectivity index (χ3v) is 2.69. The lowest BCUT2D eigenvalue weighted by atomic mass is 9.97. The van der Waals surface area contributed by atoms with Gasteiger partial charge in [-0.3, -0.25) is 0 Å². The summed E-state index contributed by atoms with van der Waals surface area (Å²) in [5, 5.41) is 3.51. The summed E-state index contributed by atoms with van der Waals surface area (Å²) < 4.78 is 10.4. The maximum atomic E-state index is 5.37. The van der Waals surface area contributed by atoms with Crippen LogP contribution in [0, 0.1) is 5.92 Å². The minimum Gasteiger partial charge on any atom is -0.383 e. The van der Waals surface area contributed by atoms with Crippen molar-refractivity contribution in [1.82, 2.24) is 5.32 Å². The van der Waals surface area contributed by atoms with E-state index in [2.05, 4.69) is 12.2 Å². The highest BCUT2D eigenvalue weighted by atomic mass is 16.5. The van der Waals surface area contributed by atoms with E-state index in [1.807, 2.05) is 0 Å². The molecule has 1 aliphatic rings. The van der Waals surface area contributed by atoms with Gasteiger partial charge in [-0.05, 0) is 18.8 Å². The molecule has 1 fully saturated rings. The van der Waals surface area contributed by atoms with Crippen LogP contribution in [-0.4, -0.2) is 39.5 Å². The van der Waals surface area contributed by atoms with Crippen molar-refractivity contribution in [2.45, 2.75) is 25.8 Å². The Labute approximate surface area is 80.8 Å². The van der Waals surface area contributed by atoms with Crippen molar-refractivity contribution in [3.05, 3.63) is 0 Å². The third-order valence-electron chi connectivity index (χ3n) is 2.69. The molecule has 1 aliphatic heterocycles. The Morgan fingerprint density at radius 1 is 1.62 bits per heavy atom. The quantitative estimate of drug-likeness (QED) is 0.630. The van der Waals surface area contributed by atoms with Gasteiger partial charge in [0.15, 0.2) is 0 Å². The normalized spacial score (nSPS) is 24.9. The number of nitrogens with one attached hydrogen (secondary N) is 1. The molecule has 0 bridgehead atoms. The molecule has 0 radical (unpaired) electrons. The lowest BCUT2D eigenvalue weighted by Crippen LogP contribution is -2.37.